The summed E-state index contributed by atoms with van der Waals surface area (Å²) in [7, 11) is 0. The normalized spacial score (nSPS) is 37.4. The fourth-order valence-electron chi connectivity index (χ4n) is 6.86. The largest absolute Gasteiger partial charge is 0.393 e. The third-order valence-corrected chi connectivity index (χ3v) is 8.29. The third kappa shape index (κ3) is 5.47. The van der Waals surface area contributed by atoms with Crippen molar-refractivity contribution in [3.63, 3.8) is 0 Å². The molecule has 0 aliphatic heterocycles. The Labute approximate surface area is 184 Å². The van der Waals surface area contributed by atoms with E-state index in [1.165, 1.54) is 43.3 Å². The predicted molar refractivity (Wildman–Crippen MR) is 124 cm³/mol. The Morgan fingerprint density at radius 2 is 1.93 bits per heavy atom. The van der Waals surface area contributed by atoms with Crippen LogP contribution >= 0.6 is 0 Å². The topological polar surface area (TPSA) is 60.7 Å². The Kier molecular flexibility index (Phi) is 7.37. The molecule has 170 valence electrons. The zero-order valence-corrected chi connectivity index (χ0v) is 19.7. The fourth-order valence-corrected chi connectivity index (χ4v) is 6.86. The summed E-state index contributed by atoms with van der Waals surface area (Å²) in [4.78, 5) is 0. The van der Waals surface area contributed by atoms with E-state index in [4.69, 9.17) is 0 Å². The molecule has 3 rings (SSSR count). The first kappa shape index (κ1) is 23.8. The highest BCUT2D eigenvalue weighted by molar-refractivity contribution is 5.36. The second-order valence-corrected chi connectivity index (χ2v) is 11.4. The Morgan fingerprint density at radius 3 is 2.63 bits per heavy atom. The van der Waals surface area contributed by atoms with Gasteiger partial charge in [-0.05, 0) is 100 Å². The van der Waals surface area contributed by atoms with Crippen LogP contribution < -0.4 is 0 Å². The molecule has 6 atom stereocenters. The van der Waals surface area contributed by atoms with Crippen molar-refractivity contribution in [2.45, 2.75) is 110 Å². The van der Waals surface area contributed by atoms with E-state index in [9.17, 15) is 15.3 Å². The molecule has 3 fully saturated rings. The lowest BCUT2D eigenvalue weighted by Crippen LogP contribution is -2.37. The number of aliphatic hydroxyl groups excluding tert-OH is 2. The minimum Gasteiger partial charge on any atom is -0.393 e. The average molecular weight is 417 g/mol. The number of fused-ring (bicyclic) bond motifs is 1. The minimum absolute atomic E-state index is 0.219. The minimum atomic E-state index is -0.813. The molecule has 3 nitrogen and oxygen atoms in total. The molecule has 0 amide bonds. The van der Waals surface area contributed by atoms with Crippen molar-refractivity contribution < 1.29 is 15.3 Å². The summed E-state index contributed by atoms with van der Waals surface area (Å²) in [5.41, 5.74) is 3.49. The lowest BCUT2D eigenvalue weighted by molar-refractivity contribution is 0.000134. The van der Waals surface area contributed by atoms with Gasteiger partial charge < -0.3 is 15.3 Å². The zero-order valence-electron chi connectivity index (χ0n) is 19.7. The molecular weight excluding hydrogens is 372 g/mol. The van der Waals surface area contributed by atoms with Gasteiger partial charge in [-0.25, -0.2) is 0 Å². The van der Waals surface area contributed by atoms with Crippen molar-refractivity contribution in [2.75, 3.05) is 0 Å². The maximum Gasteiger partial charge on any atom is 0.0616 e. The molecule has 3 heteroatoms. The van der Waals surface area contributed by atoms with Crippen molar-refractivity contribution in [3.8, 4) is 0 Å². The molecule has 0 heterocycles. The van der Waals surface area contributed by atoms with E-state index in [0.717, 1.165) is 25.7 Å². The van der Waals surface area contributed by atoms with Crippen LogP contribution in [0, 0.1) is 23.2 Å². The molecule has 3 N–H and O–H groups in total. The van der Waals surface area contributed by atoms with Gasteiger partial charge >= 0.3 is 0 Å². The van der Waals surface area contributed by atoms with Gasteiger partial charge in [-0.2, -0.15) is 0 Å². The Morgan fingerprint density at radius 1 is 1.20 bits per heavy atom. The van der Waals surface area contributed by atoms with Crippen LogP contribution in [-0.2, 0) is 0 Å². The second-order valence-electron chi connectivity index (χ2n) is 11.4. The highest BCUT2D eigenvalue weighted by atomic mass is 16.3. The van der Waals surface area contributed by atoms with Gasteiger partial charge in [0.05, 0.1) is 17.8 Å². The molecule has 0 aromatic carbocycles. The second kappa shape index (κ2) is 9.30. The van der Waals surface area contributed by atoms with Crippen molar-refractivity contribution in [1.82, 2.24) is 0 Å². The summed E-state index contributed by atoms with van der Waals surface area (Å²) in [5.74, 6) is 1.72. The molecule has 0 spiro atoms. The Bertz CT molecular complexity index is 683. The van der Waals surface area contributed by atoms with E-state index in [-0.39, 0.29) is 6.10 Å². The van der Waals surface area contributed by atoms with E-state index < -0.39 is 11.7 Å². The zero-order chi connectivity index (χ0) is 22.1. The highest BCUT2D eigenvalue weighted by Crippen LogP contribution is 2.60. The molecule has 0 saturated heterocycles. The maximum atomic E-state index is 10.5. The van der Waals surface area contributed by atoms with E-state index >= 15 is 0 Å². The molecule has 1 unspecified atom stereocenters. The molecule has 0 aromatic heterocycles. The first-order chi connectivity index (χ1) is 14.0. The number of allylic oxidation sites excluding steroid dienone is 4. The van der Waals surface area contributed by atoms with Crippen LogP contribution in [0.15, 0.2) is 35.5 Å². The summed E-state index contributed by atoms with van der Waals surface area (Å²) in [6.07, 6.45) is 13.8. The quantitative estimate of drug-likeness (QED) is 0.520. The number of rotatable bonds is 6. The van der Waals surface area contributed by atoms with E-state index in [1.54, 1.807) is 19.4 Å². The predicted octanol–water partition coefficient (Wildman–Crippen LogP) is 5.70. The maximum absolute atomic E-state index is 10.5. The van der Waals surface area contributed by atoms with Crippen molar-refractivity contribution >= 4 is 0 Å². The van der Waals surface area contributed by atoms with Crippen LogP contribution in [0.25, 0.3) is 0 Å². The summed E-state index contributed by atoms with van der Waals surface area (Å²) in [5, 5.41) is 30.6. The van der Waals surface area contributed by atoms with Gasteiger partial charge in [0, 0.05) is 6.42 Å². The molecule has 3 aliphatic carbocycles. The van der Waals surface area contributed by atoms with Gasteiger partial charge in [0.1, 0.15) is 0 Å². The molecule has 3 saturated carbocycles. The van der Waals surface area contributed by atoms with Crippen molar-refractivity contribution in [2.24, 2.45) is 23.2 Å². The van der Waals surface area contributed by atoms with Crippen LogP contribution in [0.5, 0.6) is 0 Å². The van der Waals surface area contributed by atoms with Gasteiger partial charge in [-0.1, -0.05) is 43.7 Å². The van der Waals surface area contributed by atoms with Crippen LogP contribution in [0.4, 0.5) is 0 Å². The monoisotopic (exact) mass is 416 g/mol. The van der Waals surface area contributed by atoms with Gasteiger partial charge in [-0.15, -0.1) is 0 Å². The SMILES string of the molecule is C=C1CC[C@@H](O)C/C1=C/C=C1\CCC[C@@]2(C)[C@@H]1CC[C@H]2[C@@H](C)CC(O)CC(C)(C)O. The number of hydrogen-bond donors (Lipinski definition) is 3. The summed E-state index contributed by atoms with van der Waals surface area (Å²) >= 11 is 0. The Hall–Kier alpha value is -0.900. The van der Waals surface area contributed by atoms with Crippen LogP contribution in [0.3, 0.4) is 0 Å². The van der Waals surface area contributed by atoms with Crippen molar-refractivity contribution in [1.29, 1.82) is 0 Å². The molecular formula is C27H44O3. The van der Waals surface area contributed by atoms with E-state index in [1.807, 2.05) is 0 Å². The van der Waals surface area contributed by atoms with Crippen LogP contribution in [0.1, 0.15) is 91.9 Å². The Balaban J connectivity index is 1.71. The molecule has 30 heavy (non-hydrogen) atoms. The van der Waals surface area contributed by atoms with E-state index in [0.29, 0.717) is 29.6 Å². The fraction of sp³-hybridized carbons (Fsp3) is 0.778. The third-order valence-electron chi connectivity index (χ3n) is 8.29. The van der Waals surface area contributed by atoms with Crippen LogP contribution in [-0.4, -0.2) is 33.1 Å². The van der Waals surface area contributed by atoms with Gasteiger partial charge in [0.2, 0.25) is 0 Å². The van der Waals surface area contributed by atoms with E-state index in [2.05, 4.69) is 32.6 Å². The van der Waals surface area contributed by atoms with Gasteiger partial charge in [0.15, 0.2) is 0 Å². The molecule has 0 radical (unpaired) electrons. The average Bonchev–Trinajstić information content (AvgIpc) is 2.98. The lowest BCUT2D eigenvalue weighted by atomic mass is 9.60. The van der Waals surface area contributed by atoms with Crippen LogP contribution in [0.2, 0.25) is 0 Å². The number of aliphatic hydroxyl groups is 3. The number of hydrogen-bond acceptors (Lipinski definition) is 3. The highest BCUT2D eigenvalue weighted by Gasteiger charge is 2.50. The first-order valence-corrected chi connectivity index (χ1v) is 12.2. The molecule has 0 aromatic rings. The van der Waals surface area contributed by atoms with Crippen molar-refractivity contribution in [3.05, 3.63) is 35.5 Å². The first-order valence-electron chi connectivity index (χ1n) is 12.2. The summed E-state index contributed by atoms with van der Waals surface area (Å²) < 4.78 is 0. The molecule has 3 aliphatic rings. The summed E-state index contributed by atoms with van der Waals surface area (Å²) in [6.45, 7) is 12.6. The lowest BCUT2D eigenvalue weighted by Gasteiger charge is -2.44. The van der Waals surface area contributed by atoms with Gasteiger partial charge in [-0.3, -0.25) is 0 Å². The smallest absolute Gasteiger partial charge is 0.0616 e. The summed E-state index contributed by atoms with van der Waals surface area (Å²) in [6, 6.07) is 0. The van der Waals surface area contributed by atoms with Gasteiger partial charge in [0.25, 0.3) is 0 Å². The standard InChI is InChI=1S/C27H44O3/c1-18-8-11-22(28)16-21(18)10-9-20-7-6-14-27(5)24(12-13-25(20)27)19(2)15-23(29)17-26(3,4)30/h9-10,19,22-25,28-30H,1,6-8,11-17H2,2-5H3/b20-9+,21-10-/t19-,22+,23?,24-,25+,27+/m0/s1. The molecule has 0 bridgehead atoms.